The Labute approximate surface area is 130 Å². The topological polar surface area (TPSA) is 64.3 Å². The number of hydrogen-bond acceptors (Lipinski definition) is 4. The zero-order valence-corrected chi connectivity index (χ0v) is 13.6. The van der Waals surface area contributed by atoms with E-state index in [9.17, 15) is 9.90 Å². The Bertz CT molecular complexity index is 500. The number of carbonyl (C=O) groups excluding carboxylic acids is 1. The van der Waals surface area contributed by atoms with Crippen molar-refractivity contribution < 1.29 is 9.90 Å². The summed E-state index contributed by atoms with van der Waals surface area (Å²) in [5, 5.41) is 18.5. The summed E-state index contributed by atoms with van der Waals surface area (Å²) in [7, 11) is 0. The van der Waals surface area contributed by atoms with Crippen LogP contribution in [0.3, 0.4) is 0 Å². The number of hydrogen-bond donors (Lipinski definition) is 1. The van der Waals surface area contributed by atoms with E-state index in [-0.39, 0.29) is 5.91 Å². The summed E-state index contributed by atoms with van der Waals surface area (Å²) in [6.45, 7) is 6.26. The van der Waals surface area contributed by atoms with E-state index in [1.54, 1.807) is 42.6 Å². The van der Waals surface area contributed by atoms with Crippen molar-refractivity contribution in [1.29, 1.82) is 5.26 Å². The summed E-state index contributed by atoms with van der Waals surface area (Å²) in [5.41, 5.74) is 0.864. The van der Waals surface area contributed by atoms with Gasteiger partial charge in [0.2, 0.25) is 5.91 Å². The minimum atomic E-state index is -0.872. The van der Waals surface area contributed by atoms with Crippen molar-refractivity contribution in [3.8, 4) is 6.07 Å². The molecule has 0 radical (unpaired) electrons. The van der Waals surface area contributed by atoms with Crippen molar-refractivity contribution >= 4 is 17.7 Å². The van der Waals surface area contributed by atoms with Crippen LogP contribution in [0.1, 0.15) is 31.9 Å². The lowest BCUT2D eigenvalue weighted by molar-refractivity contribution is -0.131. The molecule has 4 nitrogen and oxygen atoms in total. The number of amides is 1. The van der Waals surface area contributed by atoms with Crippen LogP contribution in [0.4, 0.5) is 0 Å². The Hall–Kier alpha value is -1.51. The molecule has 5 heteroatoms. The lowest BCUT2D eigenvalue weighted by atomic mass is 10.1. The molecule has 0 aliphatic rings. The average Bonchev–Trinajstić information content (AvgIpc) is 2.44. The first-order valence-corrected chi connectivity index (χ1v) is 8.08. The van der Waals surface area contributed by atoms with E-state index in [2.05, 4.69) is 6.07 Å². The molecule has 1 rings (SSSR count). The Balaban J connectivity index is 2.43. The van der Waals surface area contributed by atoms with Crippen LogP contribution in [0.25, 0.3) is 0 Å². The summed E-state index contributed by atoms with van der Waals surface area (Å²) < 4.78 is 0. The van der Waals surface area contributed by atoms with Crippen molar-refractivity contribution in [2.75, 3.05) is 18.8 Å². The maximum absolute atomic E-state index is 12.1. The quantitative estimate of drug-likeness (QED) is 0.840. The van der Waals surface area contributed by atoms with E-state index in [0.29, 0.717) is 24.4 Å². The second-order valence-electron chi connectivity index (χ2n) is 5.52. The molecular formula is C16H22N2O2S. The molecule has 0 unspecified atom stereocenters. The van der Waals surface area contributed by atoms with E-state index < -0.39 is 5.60 Å². The monoisotopic (exact) mass is 306 g/mol. The van der Waals surface area contributed by atoms with Crippen LogP contribution in [0, 0.1) is 11.3 Å². The Morgan fingerprint density at radius 3 is 2.48 bits per heavy atom. The molecule has 0 heterocycles. The number of nitrogens with zero attached hydrogens (tertiary/aromatic N) is 2. The van der Waals surface area contributed by atoms with Gasteiger partial charge in [0, 0.05) is 18.8 Å². The lowest BCUT2D eigenvalue weighted by Crippen LogP contribution is -2.42. The molecule has 0 spiro atoms. The van der Waals surface area contributed by atoms with Crippen LogP contribution < -0.4 is 0 Å². The first-order valence-electron chi connectivity index (χ1n) is 6.92. The fourth-order valence-electron chi connectivity index (χ4n) is 1.87. The molecule has 0 aliphatic heterocycles. The largest absolute Gasteiger partial charge is 0.389 e. The molecular weight excluding hydrogens is 284 g/mol. The highest BCUT2D eigenvalue weighted by Gasteiger charge is 2.20. The molecule has 0 atom stereocenters. The molecule has 0 aliphatic carbocycles. The third kappa shape index (κ3) is 6.65. The van der Waals surface area contributed by atoms with Crippen molar-refractivity contribution in [2.45, 2.75) is 32.1 Å². The molecule has 114 valence electrons. The predicted octanol–water partition coefficient (Wildman–Crippen LogP) is 2.41. The fraction of sp³-hybridized carbons (Fsp3) is 0.500. The standard InChI is InChI=1S/C16H22N2O2S/c1-4-18(12-16(2,3)20)15(19)11-21-10-14-7-5-13(9-17)6-8-14/h5-8,20H,4,10-12H2,1-3H3. The predicted molar refractivity (Wildman–Crippen MR) is 85.9 cm³/mol. The Morgan fingerprint density at radius 2 is 2.00 bits per heavy atom. The second-order valence-corrected chi connectivity index (χ2v) is 6.51. The van der Waals surface area contributed by atoms with E-state index in [1.807, 2.05) is 19.1 Å². The van der Waals surface area contributed by atoms with Gasteiger partial charge in [-0.2, -0.15) is 5.26 Å². The summed E-state index contributed by atoms with van der Waals surface area (Å²) in [6.07, 6.45) is 0. The number of thioether (sulfide) groups is 1. The first kappa shape index (κ1) is 17.5. The van der Waals surface area contributed by atoms with E-state index in [1.165, 1.54) is 0 Å². The van der Waals surface area contributed by atoms with Gasteiger partial charge in [0.25, 0.3) is 0 Å². The summed E-state index contributed by atoms with van der Waals surface area (Å²) in [5.74, 6) is 1.17. The van der Waals surface area contributed by atoms with Gasteiger partial charge in [-0.05, 0) is 38.5 Å². The van der Waals surface area contributed by atoms with E-state index >= 15 is 0 Å². The zero-order chi connectivity index (χ0) is 15.9. The van der Waals surface area contributed by atoms with Gasteiger partial charge in [-0.15, -0.1) is 11.8 Å². The van der Waals surface area contributed by atoms with Crippen LogP contribution in [0.5, 0.6) is 0 Å². The molecule has 0 saturated carbocycles. The maximum atomic E-state index is 12.1. The number of nitriles is 1. The van der Waals surface area contributed by atoms with Gasteiger partial charge >= 0.3 is 0 Å². The van der Waals surface area contributed by atoms with Gasteiger partial charge in [0.15, 0.2) is 0 Å². The van der Waals surface area contributed by atoms with E-state index in [0.717, 1.165) is 11.3 Å². The van der Waals surface area contributed by atoms with Gasteiger partial charge in [-0.3, -0.25) is 4.79 Å². The number of rotatable bonds is 7. The lowest BCUT2D eigenvalue weighted by Gasteiger charge is -2.28. The maximum Gasteiger partial charge on any atom is 0.232 e. The van der Waals surface area contributed by atoms with Crippen LogP contribution in [0.15, 0.2) is 24.3 Å². The second kappa shape index (κ2) is 8.06. The smallest absolute Gasteiger partial charge is 0.232 e. The number of benzene rings is 1. The summed E-state index contributed by atoms with van der Waals surface area (Å²) >= 11 is 1.54. The fourth-order valence-corrected chi connectivity index (χ4v) is 2.75. The molecule has 0 aromatic heterocycles. The van der Waals surface area contributed by atoms with Gasteiger partial charge in [-0.25, -0.2) is 0 Å². The van der Waals surface area contributed by atoms with Gasteiger partial charge in [0.05, 0.1) is 23.0 Å². The van der Waals surface area contributed by atoms with Crippen molar-refractivity contribution in [1.82, 2.24) is 4.90 Å². The minimum absolute atomic E-state index is 0.0401. The molecule has 1 N–H and O–H groups in total. The van der Waals surface area contributed by atoms with Gasteiger partial charge in [0.1, 0.15) is 0 Å². The zero-order valence-electron chi connectivity index (χ0n) is 12.8. The molecule has 0 saturated heterocycles. The molecule has 21 heavy (non-hydrogen) atoms. The molecule has 0 fully saturated rings. The molecule has 1 aromatic carbocycles. The molecule has 1 aromatic rings. The number of aliphatic hydroxyl groups is 1. The first-order chi connectivity index (χ1) is 9.85. The average molecular weight is 306 g/mol. The highest BCUT2D eigenvalue weighted by atomic mass is 32.2. The van der Waals surface area contributed by atoms with Crippen molar-refractivity contribution in [3.05, 3.63) is 35.4 Å². The van der Waals surface area contributed by atoms with Crippen LogP contribution in [-0.4, -0.2) is 40.4 Å². The molecule has 1 amide bonds. The number of likely N-dealkylation sites (N-methyl/N-ethyl adjacent to an activating group) is 1. The van der Waals surface area contributed by atoms with Gasteiger partial charge < -0.3 is 10.0 Å². The highest BCUT2D eigenvalue weighted by Crippen LogP contribution is 2.14. The third-order valence-electron chi connectivity index (χ3n) is 2.89. The van der Waals surface area contributed by atoms with Crippen LogP contribution in [-0.2, 0) is 10.5 Å². The normalized spacial score (nSPS) is 11.0. The summed E-state index contributed by atoms with van der Waals surface area (Å²) in [4.78, 5) is 13.8. The van der Waals surface area contributed by atoms with Crippen LogP contribution in [0.2, 0.25) is 0 Å². The number of carbonyl (C=O) groups is 1. The third-order valence-corrected chi connectivity index (χ3v) is 3.88. The van der Waals surface area contributed by atoms with E-state index in [4.69, 9.17) is 5.26 Å². The molecule has 0 bridgehead atoms. The SMILES string of the molecule is CCN(CC(C)(C)O)C(=O)CSCc1ccc(C#N)cc1. The minimum Gasteiger partial charge on any atom is -0.389 e. The van der Waals surface area contributed by atoms with Crippen molar-refractivity contribution in [3.63, 3.8) is 0 Å². The van der Waals surface area contributed by atoms with Crippen LogP contribution >= 0.6 is 11.8 Å². The van der Waals surface area contributed by atoms with Crippen molar-refractivity contribution in [2.24, 2.45) is 0 Å². The Morgan fingerprint density at radius 1 is 1.38 bits per heavy atom. The summed E-state index contributed by atoms with van der Waals surface area (Å²) in [6, 6.07) is 9.46. The Kier molecular flexibility index (Phi) is 6.73. The van der Waals surface area contributed by atoms with Gasteiger partial charge in [-0.1, -0.05) is 12.1 Å². The highest BCUT2D eigenvalue weighted by molar-refractivity contribution is 7.99.